The molecule has 2 amide bonds. The van der Waals surface area contributed by atoms with E-state index in [0.717, 1.165) is 31.5 Å². The minimum atomic E-state index is -0.901. The van der Waals surface area contributed by atoms with E-state index in [2.05, 4.69) is 10.2 Å². The Morgan fingerprint density at radius 1 is 1.29 bits per heavy atom. The van der Waals surface area contributed by atoms with E-state index in [4.69, 9.17) is 0 Å². The van der Waals surface area contributed by atoms with Crippen LogP contribution >= 0.6 is 0 Å². The smallest absolute Gasteiger partial charge is 0.276 e. The number of nitrogens with one attached hydrogen (secondary N) is 1. The van der Waals surface area contributed by atoms with Gasteiger partial charge in [0.25, 0.3) is 11.8 Å². The highest BCUT2D eigenvalue weighted by molar-refractivity contribution is 5.99. The average molecular weight is 426 g/mol. The summed E-state index contributed by atoms with van der Waals surface area (Å²) in [6, 6.07) is 4.75. The predicted molar refractivity (Wildman–Crippen MR) is 109 cm³/mol. The van der Waals surface area contributed by atoms with Gasteiger partial charge in [-0.05, 0) is 31.4 Å². The minimum absolute atomic E-state index is 0.0730. The van der Waals surface area contributed by atoms with Crippen molar-refractivity contribution in [1.29, 1.82) is 0 Å². The van der Waals surface area contributed by atoms with Crippen molar-refractivity contribution in [3.63, 3.8) is 0 Å². The molecule has 3 aliphatic rings. The lowest BCUT2D eigenvalue weighted by Crippen LogP contribution is -2.51. The minimum Gasteiger partial charge on any atom is -0.503 e. The zero-order valence-electron chi connectivity index (χ0n) is 17.1. The number of carbonyl (C=O) groups is 2. The molecule has 0 aliphatic carbocycles. The molecule has 5 rings (SSSR count). The fourth-order valence-electron chi connectivity index (χ4n) is 4.95. The van der Waals surface area contributed by atoms with E-state index < -0.39 is 22.9 Å². The molecule has 0 spiro atoms. The molecule has 9 heteroatoms. The predicted octanol–water partition coefficient (Wildman–Crippen LogP) is 1.19. The van der Waals surface area contributed by atoms with Crippen LogP contribution in [0.15, 0.2) is 29.2 Å². The number of halogens is 1. The molecule has 2 saturated heterocycles. The fourth-order valence-corrected chi connectivity index (χ4v) is 4.95. The maximum absolute atomic E-state index is 14.0. The first-order valence-corrected chi connectivity index (χ1v) is 10.4. The molecule has 0 saturated carbocycles. The van der Waals surface area contributed by atoms with Gasteiger partial charge in [-0.1, -0.05) is 12.1 Å². The van der Waals surface area contributed by atoms with Gasteiger partial charge in [-0.2, -0.15) is 0 Å². The van der Waals surface area contributed by atoms with Crippen LogP contribution in [0.25, 0.3) is 0 Å². The van der Waals surface area contributed by atoms with Crippen LogP contribution in [-0.4, -0.2) is 56.6 Å². The summed E-state index contributed by atoms with van der Waals surface area (Å²) in [5.74, 6) is -2.27. The molecule has 4 heterocycles. The maximum atomic E-state index is 14.0. The van der Waals surface area contributed by atoms with Gasteiger partial charge in [-0.3, -0.25) is 19.3 Å². The van der Waals surface area contributed by atoms with E-state index >= 15 is 0 Å². The Kier molecular flexibility index (Phi) is 4.58. The second-order valence-corrected chi connectivity index (χ2v) is 8.48. The summed E-state index contributed by atoms with van der Waals surface area (Å²) in [6.07, 6.45) is 3.08. The van der Waals surface area contributed by atoms with Crippen molar-refractivity contribution < 1.29 is 19.1 Å². The number of pyridine rings is 1. The number of aromatic nitrogens is 1. The number of rotatable bonds is 3. The summed E-state index contributed by atoms with van der Waals surface area (Å²) in [5, 5.41) is 13.1. The van der Waals surface area contributed by atoms with Crippen LogP contribution < -0.4 is 10.7 Å². The van der Waals surface area contributed by atoms with Crippen LogP contribution in [0.1, 0.15) is 44.8 Å². The monoisotopic (exact) mass is 426 g/mol. The van der Waals surface area contributed by atoms with Crippen LogP contribution in [0.2, 0.25) is 0 Å². The van der Waals surface area contributed by atoms with E-state index in [0.29, 0.717) is 6.54 Å². The molecule has 162 valence electrons. The third-order valence-corrected chi connectivity index (χ3v) is 6.51. The molecule has 2 N–H and O–H groups in total. The van der Waals surface area contributed by atoms with Crippen molar-refractivity contribution in [3.8, 4) is 5.75 Å². The van der Waals surface area contributed by atoms with E-state index in [1.54, 1.807) is 24.0 Å². The van der Waals surface area contributed by atoms with Crippen LogP contribution in [-0.2, 0) is 13.1 Å². The summed E-state index contributed by atoms with van der Waals surface area (Å²) in [6.45, 7) is 3.71. The Labute approximate surface area is 177 Å². The molecule has 2 bridgehead atoms. The molecule has 2 fully saturated rings. The molecule has 1 aromatic carbocycles. The summed E-state index contributed by atoms with van der Waals surface area (Å²) in [5.41, 5.74) is -0.195. The van der Waals surface area contributed by atoms with E-state index in [1.807, 2.05) is 0 Å². The van der Waals surface area contributed by atoms with Crippen LogP contribution in [0.4, 0.5) is 4.39 Å². The van der Waals surface area contributed by atoms with E-state index in [9.17, 15) is 23.9 Å². The normalized spacial score (nSPS) is 24.0. The van der Waals surface area contributed by atoms with Gasteiger partial charge < -0.3 is 19.9 Å². The number of piperidine rings is 1. The summed E-state index contributed by atoms with van der Waals surface area (Å²) >= 11 is 0. The number of aromatic hydroxyl groups is 1. The maximum Gasteiger partial charge on any atom is 0.276 e. The Balaban J connectivity index is 1.44. The molecular formula is C22H23FN4O4. The SMILES string of the molecule is Cc1ccc(CNC(=O)c2cn3c(c(O)c2=O)C(=O)N2C(C3)N3CCC[C@@H]2C3)c(F)c1. The number of fused-ring (bicyclic) bond motifs is 6. The summed E-state index contributed by atoms with van der Waals surface area (Å²) in [4.78, 5) is 42.5. The highest BCUT2D eigenvalue weighted by Gasteiger charge is 2.48. The number of hydrogen-bond acceptors (Lipinski definition) is 5. The van der Waals surface area contributed by atoms with Crippen molar-refractivity contribution in [2.45, 2.75) is 45.1 Å². The molecule has 8 nitrogen and oxygen atoms in total. The number of amides is 2. The van der Waals surface area contributed by atoms with E-state index in [1.165, 1.54) is 16.8 Å². The molecule has 3 aliphatic heterocycles. The number of carbonyl (C=O) groups excluding carboxylic acids is 2. The van der Waals surface area contributed by atoms with Gasteiger partial charge in [-0.15, -0.1) is 0 Å². The standard InChI is InChI=1S/C22H23FN4O4/c1-12-4-5-13(16(23)7-12)8-24-21(30)15-10-26-11-17-25-6-2-3-14(9-25)27(17)22(31)18(26)20(29)19(15)28/h4-5,7,10,14,17,29H,2-3,6,8-9,11H2,1H3,(H,24,30)/t14-,17?/m1/s1. The first-order chi connectivity index (χ1) is 14.8. The van der Waals surface area contributed by atoms with Gasteiger partial charge in [-0.25, -0.2) is 4.39 Å². The number of aryl methyl sites for hydroxylation is 1. The Morgan fingerprint density at radius 3 is 2.87 bits per heavy atom. The zero-order chi connectivity index (χ0) is 21.9. The zero-order valence-corrected chi connectivity index (χ0v) is 17.1. The largest absolute Gasteiger partial charge is 0.503 e. The number of nitrogens with zero attached hydrogens (tertiary/aromatic N) is 3. The topological polar surface area (TPSA) is 94.9 Å². The summed E-state index contributed by atoms with van der Waals surface area (Å²) < 4.78 is 15.5. The first-order valence-electron chi connectivity index (χ1n) is 10.4. The second kappa shape index (κ2) is 7.19. The lowest BCUT2D eigenvalue weighted by Gasteiger charge is -2.36. The van der Waals surface area contributed by atoms with Gasteiger partial charge in [0.1, 0.15) is 17.5 Å². The molecule has 0 radical (unpaired) electrons. The molecule has 2 aromatic rings. The van der Waals surface area contributed by atoms with Crippen molar-refractivity contribution in [3.05, 3.63) is 62.8 Å². The van der Waals surface area contributed by atoms with Crippen LogP contribution in [0, 0.1) is 12.7 Å². The molecule has 2 unspecified atom stereocenters. The first kappa shape index (κ1) is 19.7. The van der Waals surface area contributed by atoms with Crippen molar-refractivity contribution in [2.24, 2.45) is 0 Å². The van der Waals surface area contributed by atoms with Gasteiger partial charge >= 0.3 is 0 Å². The van der Waals surface area contributed by atoms with Crippen molar-refractivity contribution in [2.75, 3.05) is 13.1 Å². The molecule has 3 atom stereocenters. The van der Waals surface area contributed by atoms with Crippen LogP contribution in [0.3, 0.4) is 0 Å². The lowest BCUT2D eigenvalue weighted by atomic mass is 10.1. The van der Waals surface area contributed by atoms with Crippen molar-refractivity contribution in [1.82, 2.24) is 19.7 Å². The molecular weight excluding hydrogens is 403 g/mol. The fraction of sp³-hybridized carbons (Fsp3) is 0.409. The average Bonchev–Trinajstić information content (AvgIpc) is 2.99. The highest BCUT2D eigenvalue weighted by atomic mass is 19.1. The lowest BCUT2D eigenvalue weighted by molar-refractivity contribution is 0.0485. The second-order valence-electron chi connectivity index (χ2n) is 8.48. The van der Waals surface area contributed by atoms with Crippen LogP contribution in [0.5, 0.6) is 5.75 Å². The Morgan fingerprint density at radius 2 is 2.10 bits per heavy atom. The van der Waals surface area contributed by atoms with Gasteiger partial charge in [0.2, 0.25) is 5.43 Å². The Hall–Kier alpha value is -3.20. The van der Waals surface area contributed by atoms with Gasteiger partial charge in [0.15, 0.2) is 11.4 Å². The summed E-state index contributed by atoms with van der Waals surface area (Å²) in [7, 11) is 0. The molecule has 31 heavy (non-hydrogen) atoms. The van der Waals surface area contributed by atoms with Gasteiger partial charge in [0, 0.05) is 37.4 Å². The highest BCUT2D eigenvalue weighted by Crippen LogP contribution is 2.35. The number of hydrogen-bond donors (Lipinski definition) is 2. The third-order valence-electron chi connectivity index (χ3n) is 6.51. The Bertz CT molecular complexity index is 1160. The van der Waals surface area contributed by atoms with Crippen molar-refractivity contribution >= 4 is 11.8 Å². The van der Waals surface area contributed by atoms with Gasteiger partial charge in [0.05, 0.1) is 6.54 Å². The van der Waals surface area contributed by atoms with E-state index in [-0.39, 0.29) is 41.5 Å². The number of benzene rings is 1. The molecule has 1 aromatic heterocycles. The quantitative estimate of drug-likeness (QED) is 0.769. The third kappa shape index (κ3) is 3.11.